The van der Waals surface area contributed by atoms with Crippen LogP contribution in [0.2, 0.25) is 5.02 Å². The van der Waals surface area contributed by atoms with E-state index in [1.54, 1.807) is 18.2 Å². The second-order valence-corrected chi connectivity index (χ2v) is 6.67. The van der Waals surface area contributed by atoms with Gasteiger partial charge in [-0.1, -0.05) is 25.4 Å². The molecule has 0 fully saturated rings. The van der Waals surface area contributed by atoms with Gasteiger partial charge in [0.2, 0.25) is 0 Å². The van der Waals surface area contributed by atoms with Crippen molar-refractivity contribution in [2.75, 3.05) is 0 Å². The first-order chi connectivity index (χ1) is 9.91. The third-order valence-corrected chi connectivity index (χ3v) is 4.23. The van der Waals surface area contributed by atoms with Gasteiger partial charge < -0.3 is 4.57 Å². The largest absolute Gasteiger partial charge is 0.319 e. The average Bonchev–Trinajstić information content (AvgIpc) is 2.81. The van der Waals surface area contributed by atoms with E-state index in [4.69, 9.17) is 16.9 Å². The van der Waals surface area contributed by atoms with Gasteiger partial charge >= 0.3 is 0 Å². The average molecular weight is 299 g/mol. The molecule has 3 nitrogen and oxygen atoms in total. The van der Waals surface area contributed by atoms with E-state index in [0.29, 0.717) is 17.0 Å². The predicted octanol–water partition coefficient (Wildman–Crippen LogP) is 4.16. The lowest BCUT2D eigenvalue weighted by atomic mass is 9.76. The van der Waals surface area contributed by atoms with Gasteiger partial charge in [-0.05, 0) is 36.1 Å². The molecule has 1 aliphatic rings. The van der Waals surface area contributed by atoms with Gasteiger partial charge in [-0.15, -0.1) is 0 Å². The molecular formula is C17H15ClN2O. The highest BCUT2D eigenvalue weighted by Gasteiger charge is 2.33. The van der Waals surface area contributed by atoms with Crippen molar-refractivity contribution in [3.8, 4) is 11.8 Å². The molecule has 1 aromatic heterocycles. The van der Waals surface area contributed by atoms with Crippen molar-refractivity contribution in [3.05, 3.63) is 52.3 Å². The molecule has 0 amide bonds. The zero-order valence-electron chi connectivity index (χ0n) is 12.0. The third-order valence-electron chi connectivity index (χ3n) is 3.91. The molecule has 0 unspecified atom stereocenters. The number of nitriles is 1. The van der Waals surface area contributed by atoms with Crippen molar-refractivity contribution in [2.24, 2.45) is 5.41 Å². The number of fused-ring (bicyclic) bond motifs is 1. The maximum absolute atomic E-state index is 12.3. The Bertz CT molecular complexity index is 781. The predicted molar refractivity (Wildman–Crippen MR) is 81.9 cm³/mol. The van der Waals surface area contributed by atoms with Gasteiger partial charge in [0.15, 0.2) is 5.78 Å². The zero-order valence-corrected chi connectivity index (χ0v) is 12.7. The van der Waals surface area contributed by atoms with Gasteiger partial charge in [0, 0.05) is 23.9 Å². The van der Waals surface area contributed by atoms with Crippen molar-refractivity contribution in [1.82, 2.24) is 4.57 Å². The SMILES string of the molecule is CC1(C)CC(=O)c2ccn(-c3cc(C#N)ccc3Cl)c2C1. The number of ketones is 1. The monoisotopic (exact) mass is 298 g/mol. The quantitative estimate of drug-likeness (QED) is 0.793. The summed E-state index contributed by atoms with van der Waals surface area (Å²) in [5.74, 6) is 0.174. The van der Waals surface area contributed by atoms with Gasteiger partial charge in [-0.2, -0.15) is 5.26 Å². The summed E-state index contributed by atoms with van der Waals surface area (Å²) in [7, 11) is 0. The van der Waals surface area contributed by atoms with Crippen LogP contribution < -0.4 is 0 Å². The second kappa shape index (κ2) is 4.75. The molecule has 1 heterocycles. The van der Waals surface area contributed by atoms with Crippen LogP contribution >= 0.6 is 11.6 Å². The van der Waals surface area contributed by atoms with E-state index >= 15 is 0 Å². The highest BCUT2D eigenvalue weighted by molar-refractivity contribution is 6.32. The number of benzene rings is 1. The van der Waals surface area contributed by atoms with Crippen LogP contribution in [0, 0.1) is 16.7 Å². The number of rotatable bonds is 1. The third kappa shape index (κ3) is 2.36. The van der Waals surface area contributed by atoms with E-state index in [0.717, 1.165) is 23.4 Å². The van der Waals surface area contributed by atoms with Crippen LogP contribution in [0.15, 0.2) is 30.5 Å². The van der Waals surface area contributed by atoms with Gasteiger partial charge in [0.25, 0.3) is 0 Å². The summed E-state index contributed by atoms with van der Waals surface area (Å²) in [6.07, 6.45) is 3.25. The normalized spacial score (nSPS) is 16.4. The van der Waals surface area contributed by atoms with Crippen LogP contribution in [0.5, 0.6) is 0 Å². The zero-order chi connectivity index (χ0) is 15.2. The molecule has 0 spiro atoms. The van der Waals surface area contributed by atoms with Gasteiger partial charge in [-0.3, -0.25) is 4.79 Å². The number of aromatic nitrogens is 1. The number of carbonyl (C=O) groups is 1. The first-order valence-electron chi connectivity index (χ1n) is 6.85. The van der Waals surface area contributed by atoms with Crippen molar-refractivity contribution in [1.29, 1.82) is 5.26 Å². The van der Waals surface area contributed by atoms with Crippen LogP contribution in [0.1, 0.15) is 41.9 Å². The molecule has 2 aromatic rings. The molecule has 0 saturated carbocycles. The van der Waals surface area contributed by atoms with Crippen LogP contribution in [-0.2, 0) is 6.42 Å². The van der Waals surface area contributed by atoms with E-state index in [2.05, 4.69) is 19.9 Å². The Morgan fingerprint density at radius 1 is 1.29 bits per heavy atom. The molecule has 0 N–H and O–H groups in total. The lowest BCUT2D eigenvalue weighted by Crippen LogP contribution is -2.27. The molecule has 1 aromatic carbocycles. The van der Waals surface area contributed by atoms with E-state index < -0.39 is 0 Å². The van der Waals surface area contributed by atoms with E-state index in [1.807, 2.05) is 16.8 Å². The molecule has 4 heteroatoms. The molecule has 0 atom stereocenters. The lowest BCUT2D eigenvalue weighted by Gasteiger charge is -2.29. The summed E-state index contributed by atoms with van der Waals surface area (Å²) in [4.78, 5) is 12.3. The maximum Gasteiger partial charge on any atom is 0.165 e. The summed E-state index contributed by atoms with van der Waals surface area (Å²) in [6.45, 7) is 4.19. The highest BCUT2D eigenvalue weighted by atomic mass is 35.5. The summed E-state index contributed by atoms with van der Waals surface area (Å²) < 4.78 is 1.94. The number of nitrogens with zero attached hydrogens (tertiary/aromatic N) is 2. The van der Waals surface area contributed by atoms with Crippen LogP contribution in [0.3, 0.4) is 0 Å². The summed E-state index contributed by atoms with van der Waals surface area (Å²) in [5, 5.41) is 9.63. The fourth-order valence-corrected chi connectivity index (χ4v) is 3.15. The Labute approximate surface area is 128 Å². The molecule has 0 saturated heterocycles. The van der Waals surface area contributed by atoms with Gasteiger partial charge in [0.1, 0.15) is 0 Å². The van der Waals surface area contributed by atoms with Crippen LogP contribution in [0.4, 0.5) is 0 Å². The first-order valence-corrected chi connectivity index (χ1v) is 7.22. The summed E-state index contributed by atoms with van der Waals surface area (Å²) >= 11 is 6.28. The molecule has 0 aliphatic heterocycles. The van der Waals surface area contributed by atoms with E-state index in [-0.39, 0.29) is 11.2 Å². The molecular weight excluding hydrogens is 284 g/mol. The van der Waals surface area contributed by atoms with Gasteiger partial charge in [-0.25, -0.2) is 0 Å². The molecule has 0 radical (unpaired) electrons. The Hall–Kier alpha value is -2.05. The van der Waals surface area contributed by atoms with Crippen molar-refractivity contribution in [3.63, 3.8) is 0 Å². The Morgan fingerprint density at radius 3 is 2.76 bits per heavy atom. The number of halogens is 1. The fourth-order valence-electron chi connectivity index (χ4n) is 2.94. The molecule has 106 valence electrons. The summed E-state index contributed by atoms with van der Waals surface area (Å²) in [5.41, 5.74) is 3.00. The molecule has 21 heavy (non-hydrogen) atoms. The van der Waals surface area contributed by atoms with Gasteiger partial charge in [0.05, 0.1) is 22.3 Å². The topological polar surface area (TPSA) is 45.8 Å². The molecule has 0 bridgehead atoms. The van der Waals surface area contributed by atoms with Crippen molar-refractivity contribution >= 4 is 17.4 Å². The minimum Gasteiger partial charge on any atom is -0.319 e. The van der Waals surface area contributed by atoms with Crippen molar-refractivity contribution in [2.45, 2.75) is 26.7 Å². The van der Waals surface area contributed by atoms with Crippen LogP contribution in [-0.4, -0.2) is 10.4 Å². The number of Topliss-reactive ketones (excluding diaryl/α,β-unsaturated/α-hetero) is 1. The Balaban J connectivity index is 2.19. The van der Waals surface area contributed by atoms with Crippen LogP contribution in [0.25, 0.3) is 5.69 Å². The van der Waals surface area contributed by atoms with E-state index in [9.17, 15) is 4.79 Å². The Morgan fingerprint density at radius 2 is 2.05 bits per heavy atom. The number of carbonyl (C=O) groups excluding carboxylic acids is 1. The van der Waals surface area contributed by atoms with E-state index in [1.165, 1.54) is 0 Å². The summed E-state index contributed by atoms with van der Waals surface area (Å²) in [6, 6.07) is 9.14. The maximum atomic E-state index is 12.3. The number of hydrogen-bond acceptors (Lipinski definition) is 2. The second-order valence-electron chi connectivity index (χ2n) is 6.27. The smallest absolute Gasteiger partial charge is 0.165 e. The molecule has 3 rings (SSSR count). The lowest BCUT2D eigenvalue weighted by molar-refractivity contribution is 0.0911. The van der Waals surface area contributed by atoms with Crippen molar-refractivity contribution < 1.29 is 4.79 Å². The highest BCUT2D eigenvalue weighted by Crippen LogP contribution is 2.37. The minimum atomic E-state index is -0.0560. The fraction of sp³-hybridized carbons (Fsp3) is 0.294. The molecule has 1 aliphatic carbocycles. The standard InChI is InChI=1S/C17H15ClN2O/c1-17(2)8-15-12(16(21)9-17)5-6-20(15)14-7-11(10-19)3-4-13(14)18/h3-7H,8-9H2,1-2H3. The minimum absolute atomic E-state index is 0.0560. The first kappa shape index (κ1) is 13.9. The Kier molecular flexibility index (Phi) is 3.15. The number of hydrogen-bond donors (Lipinski definition) is 0.